The molecule has 6 heteroatoms. The van der Waals surface area contributed by atoms with Gasteiger partial charge in [-0.15, -0.1) is 12.4 Å². The van der Waals surface area contributed by atoms with Crippen LogP contribution < -0.4 is 5.32 Å². The Morgan fingerprint density at radius 3 is 2.94 bits per heavy atom. The lowest BCUT2D eigenvalue weighted by molar-refractivity contribution is 0.197. The van der Waals surface area contributed by atoms with Gasteiger partial charge < -0.3 is 5.32 Å². The molecule has 1 N–H and O–H groups in total. The van der Waals surface area contributed by atoms with Crippen molar-refractivity contribution in [2.24, 2.45) is 0 Å². The van der Waals surface area contributed by atoms with Crippen LogP contribution in [0.2, 0.25) is 0 Å². The minimum Gasteiger partial charge on any atom is -0.312 e. The smallest absolute Gasteiger partial charge is 0.0686 e. The van der Waals surface area contributed by atoms with Gasteiger partial charge in [-0.2, -0.15) is 0 Å². The molecule has 1 saturated heterocycles. The second kappa shape index (κ2) is 7.04. The summed E-state index contributed by atoms with van der Waals surface area (Å²) in [5.74, 6) is 0. The van der Waals surface area contributed by atoms with Gasteiger partial charge in [-0.25, -0.2) is 0 Å². The van der Waals surface area contributed by atoms with Crippen molar-refractivity contribution in [2.75, 3.05) is 19.6 Å². The maximum absolute atomic E-state index is 4.44. The van der Waals surface area contributed by atoms with Crippen LogP contribution in [0.15, 0.2) is 21.2 Å². The number of nitrogens with zero attached hydrogens (tertiary/aromatic N) is 2. The predicted octanol–water partition coefficient (Wildman–Crippen LogP) is 2.82. The number of hydrogen-bond donors (Lipinski definition) is 1. The maximum Gasteiger partial charge on any atom is 0.0686 e. The van der Waals surface area contributed by atoms with E-state index >= 15 is 0 Å². The lowest BCUT2D eigenvalue weighted by Gasteiger charge is -2.31. The molecule has 0 aromatic carbocycles. The average Bonchev–Trinajstić information content (AvgIpc) is 2.22. The third-order valence-electron chi connectivity index (χ3n) is 2.71. The van der Waals surface area contributed by atoms with Gasteiger partial charge in [0.2, 0.25) is 0 Å². The Morgan fingerprint density at radius 2 is 2.29 bits per heavy atom. The standard InChI is InChI=1S/C11H15Br2N3.ClH/c1-8-6-16(3-2-14-8)7-11-10(13)4-9(12)5-15-11;/h4-5,8,14H,2-3,6-7H2,1H3;1H/t8-;/m1./s1. The van der Waals surface area contributed by atoms with E-state index in [0.717, 1.165) is 40.8 Å². The summed E-state index contributed by atoms with van der Waals surface area (Å²) in [5.41, 5.74) is 1.11. The number of hydrogen-bond acceptors (Lipinski definition) is 3. The molecule has 17 heavy (non-hydrogen) atoms. The zero-order valence-corrected chi connectivity index (χ0v) is 13.6. The minimum absolute atomic E-state index is 0. The van der Waals surface area contributed by atoms with Crippen LogP contribution in [-0.4, -0.2) is 35.6 Å². The predicted molar refractivity (Wildman–Crippen MR) is 79.6 cm³/mol. The molecule has 0 aliphatic carbocycles. The van der Waals surface area contributed by atoms with Crippen LogP contribution in [0.1, 0.15) is 12.6 Å². The van der Waals surface area contributed by atoms with E-state index in [9.17, 15) is 0 Å². The molecule has 0 amide bonds. The Morgan fingerprint density at radius 1 is 1.53 bits per heavy atom. The van der Waals surface area contributed by atoms with Crippen molar-refractivity contribution in [1.29, 1.82) is 0 Å². The van der Waals surface area contributed by atoms with E-state index in [0.29, 0.717) is 6.04 Å². The van der Waals surface area contributed by atoms with Crippen molar-refractivity contribution in [3.8, 4) is 0 Å². The second-order valence-corrected chi connectivity index (χ2v) is 5.94. The number of aromatic nitrogens is 1. The van der Waals surface area contributed by atoms with Crippen LogP contribution in [0.5, 0.6) is 0 Å². The number of nitrogens with one attached hydrogen (secondary N) is 1. The molecule has 1 aliphatic rings. The number of piperazine rings is 1. The molecule has 1 fully saturated rings. The molecule has 0 unspecified atom stereocenters. The first-order chi connectivity index (χ1) is 7.65. The van der Waals surface area contributed by atoms with E-state index in [1.54, 1.807) is 0 Å². The molecule has 1 aromatic rings. The van der Waals surface area contributed by atoms with E-state index in [1.165, 1.54) is 0 Å². The quantitative estimate of drug-likeness (QED) is 0.849. The Labute approximate surface area is 125 Å². The summed E-state index contributed by atoms with van der Waals surface area (Å²) in [7, 11) is 0. The van der Waals surface area contributed by atoms with Crippen LogP contribution in [0.4, 0.5) is 0 Å². The van der Waals surface area contributed by atoms with E-state index in [-0.39, 0.29) is 12.4 Å². The molecule has 0 bridgehead atoms. The molecule has 0 saturated carbocycles. The van der Waals surface area contributed by atoms with Gasteiger partial charge in [0.15, 0.2) is 0 Å². The van der Waals surface area contributed by atoms with Crippen molar-refractivity contribution in [2.45, 2.75) is 19.5 Å². The van der Waals surface area contributed by atoms with Crippen molar-refractivity contribution < 1.29 is 0 Å². The first kappa shape index (κ1) is 15.4. The van der Waals surface area contributed by atoms with Crippen LogP contribution in [0.3, 0.4) is 0 Å². The van der Waals surface area contributed by atoms with Gasteiger partial charge in [-0.3, -0.25) is 9.88 Å². The van der Waals surface area contributed by atoms with E-state index in [2.05, 4.69) is 54.0 Å². The highest BCUT2D eigenvalue weighted by Crippen LogP contribution is 2.21. The highest BCUT2D eigenvalue weighted by atomic mass is 79.9. The summed E-state index contributed by atoms with van der Waals surface area (Å²) in [5, 5.41) is 3.44. The van der Waals surface area contributed by atoms with E-state index in [1.807, 2.05) is 12.3 Å². The highest BCUT2D eigenvalue weighted by Gasteiger charge is 2.16. The third-order valence-corrected chi connectivity index (χ3v) is 3.83. The Bertz CT molecular complexity index is 376. The van der Waals surface area contributed by atoms with Crippen LogP contribution in [0, 0.1) is 0 Å². The maximum atomic E-state index is 4.44. The van der Waals surface area contributed by atoms with Gasteiger partial charge in [-0.05, 0) is 44.8 Å². The summed E-state index contributed by atoms with van der Waals surface area (Å²) in [6, 6.07) is 2.62. The fraction of sp³-hybridized carbons (Fsp3) is 0.545. The third kappa shape index (κ3) is 4.48. The molecular weight excluding hydrogens is 369 g/mol. The molecule has 1 aromatic heterocycles. The molecule has 2 rings (SSSR count). The summed E-state index contributed by atoms with van der Waals surface area (Å²) < 4.78 is 2.09. The van der Waals surface area contributed by atoms with Crippen LogP contribution in [0.25, 0.3) is 0 Å². The fourth-order valence-corrected chi connectivity index (χ4v) is 3.04. The Hall–Kier alpha value is 0.320. The SMILES string of the molecule is C[C@@H]1CN(Cc2ncc(Br)cc2Br)CCN1.Cl. The molecule has 1 aliphatic heterocycles. The second-order valence-electron chi connectivity index (χ2n) is 4.17. The van der Waals surface area contributed by atoms with Gasteiger partial charge >= 0.3 is 0 Å². The molecule has 3 nitrogen and oxygen atoms in total. The fourth-order valence-electron chi connectivity index (χ4n) is 1.93. The number of pyridine rings is 1. The Kier molecular flexibility index (Phi) is 6.37. The zero-order chi connectivity index (χ0) is 11.5. The van der Waals surface area contributed by atoms with E-state index in [4.69, 9.17) is 0 Å². The van der Waals surface area contributed by atoms with Crippen molar-refractivity contribution in [1.82, 2.24) is 15.2 Å². The first-order valence-electron chi connectivity index (χ1n) is 5.41. The lowest BCUT2D eigenvalue weighted by Crippen LogP contribution is -2.48. The molecule has 0 spiro atoms. The van der Waals surface area contributed by atoms with Crippen LogP contribution in [-0.2, 0) is 6.54 Å². The largest absolute Gasteiger partial charge is 0.312 e. The highest BCUT2D eigenvalue weighted by molar-refractivity contribution is 9.11. The van der Waals surface area contributed by atoms with Crippen molar-refractivity contribution >= 4 is 44.3 Å². The summed E-state index contributed by atoms with van der Waals surface area (Å²) in [4.78, 5) is 6.87. The topological polar surface area (TPSA) is 28.2 Å². The summed E-state index contributed by atoms with van der Waals surface area (Å²) in [6.45, 7) is 6.38. The average molecular weight is 386 g/mol. The number of rotatable bonds is 2. The van der Waals surface area contributed by atoms with Crippen molar-refractivity contribution in [3.63, 3.8) is 0 Å². The van der Waals surface area contributed by atoms with E-state index < -0.39 is 0 Å². The van der Waals surface area contributed by atoms with Gasteiger partial charge in [0.1, 0.15) is 0 Å². The minimum atomic E-state index is 0. The van der Waals surface area contributed by atoms with Crippen LogP contribution >= 0.6 is 44.3 Å². The molecule has 1 atom stereocenters. The molecular formula is C11H16Br2ClN3. The summed E-state index contributed by atoms with van der Waals surface area (Å²) >= 11 is 6.97. The van der Waals surface area contributed by atoms with Gasteiger partial charge in [0.05, 0.1) is 5.69 Å². The van der Waals surface area contributed by atoms with Gasteiger partial charge in [0.25, 0.3) is 0 Å². The van der Waals surface area contributed by atoms with Crippen molar-refractivity contribution in [3.05, 3.63) is 26.9 Å². The van der Waals surface area contributed by atoms with Gasteiger partial charge in [-0.1, -0.05) is 0 Å². The van der Waals surface area contributed by atoms with Gasteiger partial charge in [0, 0.05) is 47.4 Å². The number of halogens is 3. The normalized spacial score (nSPS) is 21.0. The molecule has 0 radical (unpaired) electrons. The molecule has 2 heterocycles. The first-order valence-corrected chi connectivity index (χ1v) is 6.99. The monoisotopic (exact) mass is 383 g/mol. The summed E-state index contributed by atoms with van der Waals surface area (Å²) in [6.07, 6.45) is 1.85. The Balaban J connectivity index is 0.00000144. The lowest BCUT2D eigenvalue weighted by atomic mass is 10.2. The zero-order valence-electron chi connectivity index (χ0n) is 9.62. The molecule has 96 valence electrons.